The minimum absolute atomic E-state index is 0.0774. The number of carbonyl (C=O) groups excluding carboxylic acids is 2. The Morgan fingerprint density at radius 2 is 2.12 bits per heavy atom. The van der Waals surface area contributed by atoms with Crippen molar-refractivity contribution in [1.29, 1.82) is 0 Å². The first-order valence-electron chi connectivity index (χ1n) is 9.50. The van der Waals surface area contributed by atoms with Crippen LogP contribution < -0.4 is 9.47 Å². The van der Waals surface area contributed by atoms with Crippen LogP contribution in [0.15, 0.2) is 12.1 Å². The first-order chi connectivity index (χ1) is 12.3. The zero-order chi connectivity index (χ0) is 19.1. The predicted octanol–water partition coefficient (Wildman–Crippen LogP) is 3.27. The Kier molecular flexibility index (Phi) is 5.00. The van der Waals surface area contributed by atoms with Gasteiger partial charge in [0.1, 0.15) is 0 Å². The molecule has 0 bridgehead atoms. The van der Waals surface area contributed by atoms with Crippen molar-refractivity contribution in [2.45, 2.75) is 70.9 Å². The van der Waals surface area contributed by atoms with Crippen molar-refractivity contribution in [2.75, 3.05) is 13.7 Å². The summed E-state index contributed by atoms with van der Waals surface area (Å²) in [5, 5.41) is 0. The predicted molar refractivity (Wildman–Crippen MR) is 99.8 cm³/mol. The highest BCUT2D eigenvalue weighted by Gasteiger charge is 2.51. The molecule has 1 aromatic carbocycles. The summed E-state index contributed by atoms with van der Waals surface area (Å²) in [5.74, 6) is 1.60. The normalized spacial score (nSPS) is 27.2. The summed E-state index contributed by atoms with van der Waals surface area (Å²) in [6, 6.07) is 4.08. The third-order valence-electron chi connectivity index (χ3n) is 5.93. The molecule has 0 saturated heterocycles. The van der Waals surface area contributed by atoms with Gasteiger partial charge in [-0.25, -0.2) is 0 Å². The van der Waals surface area contributed by atoms with E-state index in [9.17, 15) is 9.59 Å². The number of carbonyl (C=O) groups is 2. The van der Waals surface area contributed by atoms with Crippen LogP contribution in [0.1, 0.15) is 58.1 Å². The minimum Gasteiger partial charge on any atom is -0.493 e. The topological polar surface area (TPSA) is 55.8 Å². The first-order valence-corrected chi connectivity index (χ1v) is 9.50. The number of nitrogens with zero attached hydrogens (tertiary/aromatic N) is 1. The van der Waals surface area contributed by atoms with E-state index in [0.717, 1.165) is 24.0 Å². The van der Waals surface area contributed by atoms with E-state index in [2.05, 4.69) is 19.9 Å². The van der Waals surface area contributed by atoms with E-state index >= 15 is 0 Å². The average Bonchev–Trinajstić information content (AvgIpc) is 2.88. The molecule has 0 N–H and O–H groups in total. The van der Waals surface area contributed by atoms with Gasteiger partial charge in [-0.15, -0.1) is 0 Å². The fraction of sp³-hybridized carbons (Fsp3) is 0.619. The Hall–Kier alpha value is -2.04. The van der Waals surface area contributed by atoms with Gasteiger partial charge in [-0.2, -0.15) is 0 Å². The lowest BCUT2D eigenvalue weighted by Gasteiger charge is -2.38. The van der Waals surface area contributed by atoms with Gasteiger partial charge in [0.2, 0.25) is 5.91 Å². The van der Waals surface area contributed by atoms with Gasteiger partial charge in [0.25, 0.3) is 0 Å². The summed E-state index contributed by atoms with van der Waals surface area (Å²) in [4.78, 5) is 26.9. The van der Waals surface area contributed by atoms with E-state index in [1.165, 1.54) is 0 Å². The molecule has 2 heterocycles. The molecule has 0 saturated carbocycles. The number of benzene rings is 1. The number of ether oxygens (including phenoxy) is 2. The lowest BCUT2D eigenvalue weighted by molar-refractivity contribution is -0.131. The number of amides is 1. The summed E-state index contributed by atoms with van der Waals surface area (Å²) in [5.41, 5.74) is 1.80. The zero-order valence-corrected chi connectivity index (χ0v) is 16.4. The van der Waals surface area contributed by atoms with Gasteiger partial charge < -0.3 is 14.4 Å². The van der Waals surface area contributed by atoms with Crippen LogP contribution >= 0.6 is 0 Å². The van der Waals surface area contributed by atoms with Gasteiger partial charge in [0.05, 0.1) is 7.11 Å². The van der Waals surface area contributed by atoms with Crippen molar-refractivity contribution in [3.05, 3.63) is 23.3 Å². The number of ketones is 1. The molecular weight excluding hydrogens is 330 g/mol. The highest BCUT2D eigenvalue weighted by Crippen LogP contribution is 2.52. The SMILES string of the molecule is CCCC(=O)[C@@H]1Oc2c(OC)ccc3c2[C@@]1(C)CCN(C(C)=O)[C@@H](C)C3. The smallest absolute Gasteiger partial charge is 0.219 e. The maximum atomic E-state index is 12.9. The van der Waals surface area contributed by atoms with Gasteiger partial charge in [-0.1, -0.05) is 19.9 Å². The Morgan fingerprint density at radius 3 is 2.73 bits per heavy atom. The lowest BCUT2D eigenvalue weighted by atomic mass is 9.71. The molecule has 0 radical (unpaired) electrons. The van der Waals surface area contributed by atoms with E-state index in [0.29, 0.717) is 30.9 Å². The maximum Gasteiger partial charge on any atom is 0.219 e. The summed E-state index contributed by atoms with van der Waals surface area (Å²) < 4.78 is 11.8. The third-order valence-corrected chi connectivity index (χ3v) is 5.93. The lowest BCUT2D eigenvalue weighted by Crippen LogP contribution is -2.48. The molecule has 1 aromatic rings. The minimum atomic E-state index is -0.519. The monoisotopic (exact) mass is 359 g/mol. The highest BCUT2D eigenvalue weighted by molar-refractivity contribution is 5.87. The molecule has 5 nitrogen and oxygen atoms in total. The van der Waals surface area contributed by atoms with Crippen molar-refractivity contribution >= 4 is 11.7 Å². The zero-order valence-electron chi connectivity index (χ0n) is 16.4. The fourth-order valence-electron chi connectivity index (χ4n) is 4.58. The molecule has 3 rings (SSSR count). The Morgan fingerprint density at radius 1 is 1.38 bits per heavy atom. The van der Waals surface area contributed by atoms with Crippen molar-refractivity contribution in [1.82, 2.24) is 4.90 Å². The number of rotatable bonds is 4. The van der Waals surface area contributed by atoms with Gasteiger partial charge >= 0.3 is 0 Å². The largest absolute Gasteiger partial charge is 0.493 e. The van der Waals surface area contributed by atoms with Crippen molar-refractivity contribution in [3.8, 4) is 11.5 Å². The summed E-state index contributed by atoms with van der Waals surface area (Å²) in [6.07, 6.45) is 2.23. The van der Waals surface area contributed by atoms with E-state index in [4.69, 9.17) is 9.47 Å². The van der Waals surface area contributed by atoms with Crippen LogP contribution in [0.25, 0.3) is 0 Å². The fourth-order valence-corrected chi connectivity index (χ4v) is 4.58. The van der Waals surface area contributed by atoms with Crippen LogP contribution in [0.2, 0.25) is 0 Å². The van der Waals surface area contributed by atoms with Gasteiger partial charge in [0.15, 0.2) is 23.4 Å². The highest BCUT2D eigenvalue weighted by atomic mass is 16.5. The molecule has 0 aromatic heterocycles. The number of Topliss-reactive ketones (excluding diaryl/α,β-unsaturated/α-hetero) is 1. The molecule has 26 heavy (non-hydrogen) atoms. The van der Waals surface area contributed by atoms with Gasteiger partial charge in [-0.3, -0.25) is 9.59 Å². The molecule has 0 fully saturated rings. The molecule has 2 aliphatic heterocycles. The number of hydrogen-bond acceptors (Lipinski definition) is 4. The Labute approximate surface area is 155 Å². The van der Waals surface area contributed by atoms with E-state index in [-0.39, 0.29) is 17.7 Å². The van der Waals surface area contributed by atoms with E-state index in [1.807, 2.05) is 17.9 Å². The van der Waals surface area contributed by atoms with Gasteiger partial charge in [0, 0.05) is 36.9 Å². The van der Waals surface area contributed by atoms with Crippen LogP contribution in [0, 0.1) is 0 Å². The number of methoxy groups -OCH3 is 1. The van der Waals surface area contributed by atoms with Crippen molar-refractivity contribution in [3.63, 3.8) is 0 Å². The van der Waals surface area contributed by atoms with E-state index < -0.39 is 11.5 Å². The van der Waals surface area contributed by atoms with Crippen LogP contribution in [-0.4, -0.2) is 42.4 Å². The van der Waals surface area contributed by atoms with Crippen LogP contribution in [0.3, 0.4) is 0 Å². The number of hydrogen-bond donors (Lipinski definition) is 0. The second-order valence-electron chi connectivity index (χ2n) is 7.78. The average molecular weight is 359 g/mol. The molecule has 0 aliphatic carbocycles. The Bertz CT molecular complexity index is 729. The first kappa shape index (κ1) is 18.7. The molecule has 0 spiro atoms. The molecular formula is C21H29NO4. The second-order valence-corrected chi connectivity index (χ2v) is 7.78. The van der Waals surface area contributed by atoms with E-state index in [1.54, 1.807) is 14.0 Å². The molecule has 2 aliphatic rings. The maximum absolute atomic E-state index is 12.9. The molecule has 3 atom stereocenters. The van der Waals surface area contributed by atoms with Gasteiger partial charge in [-0.05, 0) is 37.8 Å². The van der Waals surface area contributed by atoms with Crippen LogP contribution in [0.5, 0.6) is 11.5 Å². The van der Waals surface area contributed by atoms with Crippen LogP contribution in [0.4, 0.5) is 0 Å². The molecule has 142 valence electrons. The molecule has 0 unspecified atom stereocenters. The Balaban J connectivity index is 2.14. The second kappa shape index (κ2) is 6.93. The standard InChI is InChI=1S/C21H29NO4/c1-6-7-16(24)20-21(4)10-11-22(14(3)23)13(2)12-15-8-9-17(25-5)19(26-20)18(15)21/h8-9,13,20H,6-7,10-12H2,1-5H3/t13-,20-,21+/m0/s1. The van der Waals surface area contributed by atoms with Crippen LogP contribution in [-0.2, 0) is 21.4 Å². The van der Waals surface area contributed by atoms with Crippen molar-refractivity contribution in [2.24, 2.45) is 0 Å². The van der Waals surface area contributed by atoms with Crippen molar-refractivity contribution < 1.29 is 19.1 Å². The summed E-state index contributed by atoms with van der Waals surface area (Å²) in [6.45, 7) is 8.43. The quantitative estimate of drug-likeness (QED) is 0.828. The summed E-state index contributed by atoms with van der Waals surface area (Å²) in [7, 11) is 1.63. The third kappa shape index (κ3) is 2.87. The molecule has 5 heteroatoms. The molecule has 1 amide bonds. The summed E-state index contributed by atoms with van der Waals surface area (Å²) >= 11 is 0.